The summed E-state index contributed by atoms with van der Waals surface area (Å²) in [5.74, 6) is -1.01. The first-order valence-electron chi connectivity index (χ1n) is 13.3. The summed E-state index contributed by atoms with van der Waals surface area (Å²) in [6.07, 6.45) is 6.39. The summed E-state index contributed by atoms with van der Waals surface area (Å²) in [6.45, 7) is 5.74. The molecule has 4 aromatic rings. The third-order valence-electron chi connectivity index (χ3n) is 7.89. The lowest BCUT2D eigenvalue weighted by molar-refractivity contribution is -0.0735. The normalized spacial score (nSPS) is 18.0. The van der Waals surface area contributed by atoms with Gasteiger partial charge in [0.05, 0.1) is 60.1 Å². The second kappa shape index (κ2) is 11.0. The lowest BCUT2D eigenvalue weighted by Crippen LogP contribution is -2.52. The van der Waals surface area contributed by atoms with Gasteiger partial charge in [0.15, 0.2) is 0 Å². The average Bonchev–Trinajstić information content (AvgIpc) is 3.47. The van der Waals surface area contributed by atoms with Crippen molar-refractivity contribution in [1.82, 2.24) is 39.4 Å². The molecule has 13 heteroatoms. The van der Waals surface area contributed by atoms with E-state index in [0.717, 1.165) is 68.4 Å². The molecule has 4 aromatic heterocycles. The largest absolute Gasteiger partial charge is 0.489 e. The maximum Gasteiger partial charge on any atom is 0.149 e. The smallest absolute Gasteiger partial charge is 0.149 e. The van der Waals surface area contributed by atoms with Gasteiger partial charge in [0.25, 0.3) is 0 Å². The number of halogens is 3. The lowest BCUT2D eigenvalue weighted by atomic mass is 10.0. The number of hydrogen-bond acceptors (Lipinski definition) is 8. The number of hydrogen-bond donors (Lipinski definition) is 0. The molecule has 0 unspecified atom stereocenters. The molecule has 0 radical (unpaired) electrons. The number of aromatic nitrogens is 6. The fourth-order valence-electron chi connectivity index (χ4n) is 5.48. The zero-order valence-electron chi connectivity index (χ0n) is 22.6. The third kappa shape index (κ3) is 5.05. The van der Waals surface area contributed by atoms with Crippen LogP contribution < -0.4 is 4.74 Å². The summed E-state index contributed by atoms with van der Waals surface area (Å²) >= 11 is 6.47. The van der Waals surface area contributed by atoms with Gasteiger partial charge in [-0.3, -0.25) is 14.8 Å². The van der Waals surface area contributed by atoms with Crippen molar-refractivity contribution in [3.63, 3.8) is 0 Å². The van der Waals surface area contributed by atoms with Crippen molar-refractivity contribution in [2.24, 2.45) is 0 Å². The zero-order valence-corrected chi connectivity index (χ0v) is 23.4. The molecule has 0 N–H and O–H groups in total. The highest BCUT2D eigenvalue weighted by atomic mass is 35.5. The van der Waals surface area contributed by atoms with E-state index in [0.29, 0.717) is 22.3 Å². The number of likely N-dealkylation sites (tertiary alicyclic amines) is 1. The van der Waals surface area contributed by atoms with Crippen molar-refractivity contribution < 1.29 is 18.3 Å². The molecule has 0 aromatic carbocycles. The first kappa shape index (κ1) is 27.0. The predicted octanol–water partition coefficient (Wildman–Crippen LogP) is 3.95. The Balaban J connectivity index is 1.27. The molecule has 10 nitrogen and oxygen atoms in total. The molecule has 2 aliphatic heterocycles. The maximum absolute atomic E-state index is 14.6. The molecule has 0 bridgehead atoms. The zero-order chi connectivity index (χ0) is 28.0. The first-order chi connectivity index (χ1) is 19.3. The fourth-order valence-corrected chi connectivity index (χ4v) is 5.71. The Hall–Kier alpha value is -3.19. The fraction of sp³-hybridized carbons (Fsp3) is 0.481. The van der Waals surface area contributed by atoms with Gasteiger partial charge in [0, 0.05) is 30.9 Å². The second-order valence-corrected chi connectivity index (χ2v) is 11.0. The van der Waals surface area contributed by atoms with Crippen LogP contribution in [0.4, 0.5) is 8.78 Å². The van der Waals surface area contributed by atoms with Crippen LogP contribution in [0, 0.1) is 18.6 Å². The molecule has 2 saturated heterocycles. The summed E-state index contributed by atoms with van der Waals surface area (Å²) in [5.41, 5.74) is 3.12. The van der Waals surface area contributed by atoms with Crippen molar-refractivity contribution in [2.75, 3.05) is 47.0 Å². The van der Waals surface area contributed by atoms with Gasteiger partial charge >= 0.3 is 0 Å². The average molecular weight is 573 g/mol. The Kier molecular flexibility index (Phi) is 7.43. The minimum absolute atomic E-state index is 0.0411. The topological polar surface area (TPSA) is 85.8 Å². The number of pyridine rings is 2. The van der Waals surface area contributed by atoms with E-state index in [9.17, 15) is 8.78 Å². The van der Waals surface area contributed by atoms with E-state index in [-0.39, 0.29) is 18.3 Å². The van der Waals surface area contributed by atoms with Crippen molar-refractivity contribution in [3.8, 4) is 17.0 Å². The van der Waals surface area contributed by atoms with E-state index in [1.165, 1.54) is 0 Å². The SMILES string of the molecule is Cc1c(-c2cc(OC[C@@H](c3ncc(F)cc3F)N(C)C)c3c(Cl)cnn3c2)nnn1C1CCN(C2COC2)CC1. The molecule has 6 heterocycles. The highest BCUT2D eigenvalue weighted by Gasteiger charge is 2.31. The molecule has 0 saturated carbocycles. The minimum Gasteiger partial charge on any atom is -0.489 e. The van der Waals surface area contributed by atoms with E-state index >= 15 is 0 Å². The van der Waals surface area contributed by atoms with Gasteiger partial charge < -0.3 is 9.47 Å². The van der Waals surface area contributed by atoms with Crippen molar-refractivity contribution in [1.29, 1.82) is 0 Å². The van der Waals surface area contributed by atoms with E-state index in [4.69, 9.17) is 21.1 Å². The van der Waals surface area contributed by atoms with Gasteiger partial charge in [-0.25, -0.2) is 18.0 Å². The molecule has 212 valence electrons. The van der Waals surface area contributed by atoms with Crippen LogP contribution in [-0.4, -0.2) is 92.4 Å². The van der Waals surface area contributed by atoms with E-state index in [2.05, 4.69) is 25.3 Å². The van der Waals surface area contributed by atoms with Gasteiger partial charge in [-0.05, 0) is 39.9 Å². The van der Waals surface area contributed by atoms with Gasteiger partial charge in [0.2, 0.25) is 0 Å². The number of piperidine rings is 1. The van der Waals surface area contributed by atoms with Crippen LogP contribution in [0.2, 0.25) is 5.02 Å². The third-order valence-corrected chi connectivity index (χ3v) is 8.16. The Labute approximate surface area is 235 Å². The van der Waals surface area contributed by atoms with Crippen LogP contribution in [0.1, 0.15) is 36.3 Å². The molecule has 1 atom stereocenters. The standard InChI is InChI=1S/C27H31ClF2N8O2/c1-16-25(33-34-38(16)19-4-6-36(7-5-19)20-13-39-14-20)17-8-24(27-21(28)11-32-37(27)12-17)40-15-23(35(2)3)26-22(30)9-18(29)10-31-26/h8-12,19-20,23H,4-7,13-15H2,1-3H3/t23-/m0/s1. The minimum atomic E-state index is -0.734. The van der Waals surface area contributed by atoms with E-state index < -0.39 is 17.7 Å². The van der Waals surface area contributed by atoms with Crippen LogP contribution in [0.3, 0.4) is 0 Å². The van der Waals surface area contributed by atoms with Crippen molar-refractivity contribution >= 4 is 17.1 Å². The molecule has 0 spiro atoms. The summed E-state index contributed by atoms with van der Waals surface area (Å²) in [7, 11) is 3.56. The van der Waals surface area contributed by atoms with Gasteiger partial charge in [-0.15, -0.1) is 5.10 Å². The Morgan fingerprint density at radius 2 is 1.93 bits per heavy atom. The highest BCUT2D eigenvalue weighted by Crippen LogP contribution is 2.35. The van der Waals surface area contributed by atoms with E-state index in [1.54, 1.807) is 29.7 Å². The molecule has 2 aliphatic rings. The van der Waals surface area contributed by atoms with Crippen LogP contribution in [-0.2, 0) is 4.74 Å². The first-order valence-corrected chi connectivity index (χ1v) is 13.7. The molecular formula is C27H31ClF2N8O2. The van der Waals surface area contributed by atoms with Crippen LogP contribution in [0.15, 0.2) is 30.7 Å². The van der Waals surface area contributed by atoms with E-state index in [1.807, 2.05) is 23.9 Å². The molecular weight excluding hydrogens is 542 g/mol. The Bertz CT molecular complexity index is 1510. The van der Waals surface area contributed by atoms with Gasteiger partial charge in [0.1, 0.15) is 35.2 Å². The lowest BCUT2D eigenvalue weighted by Gasteiger charge is -2.41. The van der Waals surface area contributed by atoms with Crippen molar-refractivity contribution in [3.05, 3.63) is 58.8 Å². The number of fused-ring (bicyclic) bond motifs is 1. The number of nitrogens with zero attached hydrogens (tertiary/aromatic N) is 8. The van der Waals surface area contributed by atoms with Crippen molar-refractivity contribution in [2.45, 2.75) is 37.9 Å². The van der Waals surface area contributed by atoms with Crippen LogP contribution >= 0.6 is 11.6 Å². The quantitative estimate of drug-likeness (QED) is 0.314. The molecule has 0 amide bonds. The summed E-state index contributed by atoms with van der Waals surface area (Å²) < 4.78 is 43.3. The molecule has 0 aliphatic carbocycles. The Morgan fingerprint density at radius 3 is 2.60 bits per heavy atom. The summed E-state index contributed by atoms with van der Waals surface area (Å²) in [6, 6.07) is 2.91. The monoisotopic (exact) mass is 572 g/mol. The van der Waals surface area contributed by atoms with Crippen LogP contribution in [0.25, 0.3) is 16.8 Å². The van der Waals surface area contributed by atoms with Gasteiger partial charge in [-0.1, -0.05) is 16.8 Å². The number of ether oxygens (including phenoxy) is 2. The molecule has 40 heavy (non-hydrogen) atoms. The molecule has 2 fully saturated rings. The maximum atomic E-state index is 14.6. The summed E-state index contributed by atoms with van der Waals surface area (Å²) in [4.78, 5) is 8.25. The van der Waals surface area contributed by atoms with Crippen LogP contribution in [0.5, 0.6) is 5.75 Å². The summed E-state index contributed by atoms with van der Waals surface area (Å²) in [5, 5.41) is 13.9. The van der Waals surface area contributed by atoms with Gasteiger partial charge in [-0.2, -0.15) is 5.10 Å². The molecule has 6 rings (SSSR count). The number of rotatable bonds is 8. The second-order valence-electron chi connectivity index (χ2n) is 10.6. The number of likely N-dealkylation sites (N-methyl/N-ethyl adjacent to an activating group) is 1. The Morgan fingerprint density at radius 1 is 1.15 bits per heavy atom. The predicted molar refractivity (Wildman–Crippen MR) is 144 cm³/mol. The highest BCUT2D eigenvalue weighted by molar-refractivity contribution is 6.34.